The van der Waals surface area contributed by atoms with Crippen LogP contribution < -0.4 is 0 Å². The predicted octanol–water partition coefficient (Wildman–Crippen LogP) is 0.577. The summed E-state index contributed by atoms with van der Waals surface area (Å²) >= 11 is 0. The van der Waals surface area contributed by atoms with Gasteiger partial charge in [0.25, 0.3) is 6.43 Å². The van der Waals surface area contributed by atoms with E-state index < -0.39 is 23.8 Å². The quantitative estimate of drug-likeness (QED) is 0.692. The van der Waals surface area contributed by atoms with E-state index in [0.717, 1.165) is 4.68 Å². The molecule has 0 aliphatic rings. The number of carboxylic acid groups (broad SMARTS) is 1. The Labute approximate surface area is 101 Å². The first-order chi connectivity index (χ1) is 8.57. The van der Waals surface area contributed by atoms with Crippen molar-refractivity contribution in [3.63, 3.8) is 0 Å². The Morgan fingerprint density at radius 1 is 1.44 bits per heavy atom. The van der Waals surface area contributed by atoms with Gasteiger partial charge in [-0.25, -0.2) is 18.3 Å². The molecule has 0 atom stereocenters. The number of nitrogens with zero attached hydrogens (tertiary/aromatic N) is 3. The largest absolute Gasteiger partial charge is 0.476 e. The summed E-state index contributed by atoms with van der Waals surface area (Å²) in [6, 6.07) is 0. The molecule has 0 spiro atoms. The van der Waals surface area contributed by atoms with Gasteiger partial charge in [0.2, 0.25) is 0 Å². The summed E-state index contributed by atoms with van der Waals surface area (Å²) in [4.78, 5) is 10.7. The van der Waals surface area contributed by atoms with Crippen LogP contribution >= 0.6 is 0 Å². The van der Waals surface area contributed by atoms with E-state index >= 15 is 0 Å². The van der Waals surface area contributed by atoms with E-state index in [1.807, 2.05) is 0 Å². The molecule has 0 radical (unpaired) electrons. The fourth-order valence-corrected chi connectivity index (χ4v) is 1.25. The number of hydrogen-bond donors (Lipinski definition) is 1. The van der Waals surface area contributed by atoms with Gasteiger partial charge in [0.15, 0.2) is 5.69 Å². The van der Waals surface area contributed by atoms with E-state index in [2.05, 4.69) is 10.3 Å². The molecule has 0 aromatic carbocycles. The van der Waals surface area contributed by atoms with Gasteiger partial charge < -0.3 is 14.6 Å². The minimum Gasteiger partial charge on any atom is -0.476 e. The maximum atomic E-state index is 12.7. The van der Waals surface area contributed by atoms with Crippen molar-refractivity contribution in [3.8, 4) is 0 Å². The van der Waals surface area contributed by atoms with Crippen molar-refractivity contribution < 1.29 is 28.2 Å². The van der Waals surface area contributed by atoms with Crippen molar-refractivity contribution in [1.82, 2.24) is 15.0 Å². The van der Waals surface area contributed by atoms with Gasteiger partial charge in [0, 0.05) is 7.11 Å². The topological polar surface area (TPSA) is 86.5 Å². The molecule has 1 rings (SSSR count). The molecule has 0 saturated carbocycles. The average molecular weight is 265 g/mol. The molecule has 7 nitrogen and oxygen atoms in total. The van der Waals surface area contributed by atoms with Crippen molar-refractivity contribution in [2.24, 2.45) is 0 Å². The van der Waals surface area contributed by atoms with Crippen molar-refractivity contribution in [1.29, 1.82) is 0 Å². The summed E-state index contributed by atoms with van der Waals surface area (Å²) in [6.45, 7) is 0.829. The molecule has 1 heterocycles. The highest BCUT2D eigenvalue weighted by Crippen LogP contribution is 2.21. The van der Waals surface area contributed by atoms with E-state index in [1.165, 1.54) is 7.11 Å². The van der Waals surface area contributed by atoms with Gasteiger partial charge in [0.1, 0.15) is 5.69 Å². The maximum absolute atomic E-state index is 12.7. The fraction of sp³-hybridized carbons (Fsp3) is 0.667. The van der Waals surface area contributed by atoms with Crippen LogP contribution in [-0.2, 0) is 16.0 Å². The Bertz CT molecular complexity index is 397. The first kappa shape index (κ1) is 14.5. The molecule has 9 heteroatoms. The molecule has 102 valence electrons. The Morgan fingerprint density at radius 3 is 2.72 bits per heavy atom. The zero-order chi connectivity index (χ0) is 13.5. The van der Waals surface area contributed by atoms with E-state index in [9.17, 15) is 13.6 Å². The molecule has 18 heavy (non-hydrogen) atoms. The molecule has 0 amide bonds. The number of hydrogen-bond acceptors (Lipinski definition) is 5. The van der Waals surface area contributed by atoms with Gasteiger partial charge in [0.05, 0.1) is 26.4 Å². The van der Waals surface area contributed by atoms with E-state index in [4.69, 9.17) is 14.6 Å². The van der Waals surface area contributed by atoms with Crippen molar-refractivity contribution in [2.45, 2.75) is 13.0 Å². The lowest BCUT2D eigenvalue weighted by Gasteiger charge is -2.06. The first-order valence-electron chi connectivity index (χ1n) is 5.09. The maximum Gasteiger partial charge on any atom is 0.358 e. The van der Waals surface area contributed by atoms with Gasteiger partial charge >= 0.3 is 5.97 Å². The summed E-state index contributed by atoms with van der Waals surface area (Å²) in [5, 5.41) is 15.2. The van der Waals surface area contributed by atoms with Crippen molar-refractivity contribution >= 4 is 5.97 Å². The van der Waals surface area contributed by atoms with Crippen LogP contribution in [0, 0.1) is 0 Å². The number of carboxylic acids is 1. The lowest BCUT2D eigenvalue weighted by molar-refractivity contribution is 0.0618. The highest BCUT2D eigenvalue weighted by atomic mass is 19.3. The van der Waals surface area contributed by atoms with Crippen LogP contribution in [0.2, 0.25) is 0 Å². The molecule has 1 aromatic heterocycles. The number of ether oxygens (including phenoxy) is 2. The first-order valence-corrected chi connectivity index (χ1v) is 5.09. The summed E-state index contributed by atoms with van der Waals surface area (Å²) in [5.41, 5.74) is -1.44. The number of alkyl halides is 2. The van der Waals surface area contributed by atoms with E-state index in [0.29, 0.717) is 13.2 Å². The normalized spacial score (nSPS) is 11.1. The van der Waals surface area contributed by atoms with Gasteiger partial charge in [-0.3, -0.25) is 0 Å². The highest BCUT2D eigenvalue weighted by molar-refractivity contribution is 5.86. The third kappa shape index (κ3) is 3.70. The number of aromatic nitrogens is 3. The van der Waals surface area contributed by atoms with Crippen LogP contribution in [0.3, 0.4) is 0 Å². The van der Waals surface area contributed by atoms with Gasteiger partial charge in [-0.05, 0) is 0 Å². The third-order valence-corrected chi connectivity index (χ3v) is 2.06. The number of carbonyl (C=O) groups is 1. The summed E-state index contributed by atoms with van der Waals surface area (Å²) in [7, 11) is 1.51. The van der Waals surface area contributed by atoms with E-state index in [1.54, 1.807) is 0 Å². The number of rotatable bonds is 8. The molecule has 1 N–H and O–H groups in total. The SMILES string of the molecule is COCCOCCn1nnc(C(=O)O)c1C(F)F. The van der Waals surface area contributed by atoms with Crippen LogP contribution in [0.25, 0.3) is 0 Å². The van der Waals surface area contributed by atoms with Crippen LogP contribution in [0.4, 0.5) is 8.78 Å². The van der Waals surface area contributed by atoms with Crippen LogP contribution in [0.15, 0.2) is 0 Å². The van der Waals surface area contributed by atoms with Gasteiger partial charge in [-0.15, -0.1) is 5.10 Å². The van der Waals surface area contributed by atoms with Crippen molar-refractivity contribution in [2.75, 3.05) is 26.9 Å². The van der Waals surface area contributed by atoms with Gasteiger partial charge in [-0.2, -0.15) is 0 Å². The monoisotopic (exact) mass is 265 g/mol. The minimum absolute atomic E-state index is 0.00364. The Kier molecular flexibility index (Phi) is 5.59. The van der Waals surface area contributed by atoms with E-state index in [-0.39, 0.29) is 13.2 Å². The number of aromatic carboxylic acids is 1. The number of halogens is 2. The second kappa shape index (κ2) is 6.97. The third-order valence-electron chi connectivity index (χ3n) is 2.06. The zero-order valence-corrected chi connectivity index (χ0v) is 9.68. The molecule has 0 fully saturated rings. The predicted molar refractivity (Wildman–Crippen MR) is 54.6 cm³/mol. The summed E-state index contributed by atoms with van der Waals surface area (Å²) in [6.07, 6.45) is -2.95. The fourth-order valence-electron chi connectivity index (χ4n) is 1.25. The molecular formula is C9H13F2N3O4. The molecular weight excluding hydrogens is 252 g/mol. The Morgan fingerprint density at radius 2 is 2.17 bits per heavy atom. The lowest BCUT2D eigenvalue weighted by Crippen LogP contribution is -2.14. The smallest absolute Gasteiger partial charge is 0.358 e. The van der Waals surface area contributed by atoms with Crippen LogP contribution in [0.5, 0.6) is 0 Å². The highest BCUT2D eigenvalue weighted by Gasteiger charge is 2.25. The van der Waals surface area contributed by atoms with Crippen LogP contribution in [0.1, 0.15) is 22.6 Å². The summed E-state index contributed by atoms with van der Waals surface area (Å²) in [5.74, 6) is -1.53. The molecule has 0 aliphatic carbocycles. The second-order valence-electron chi connectivity index (χ2n) is 3.26. The average Bonchev–Trinajstić information content (AvgIpc) is 2.72. The molecule has 0 bridgehead atoms. The molecule has 0 saturated heterocycles. The molecule has 1 aromatic rings. The standard InChI is InChI=1S/C9H13F2N3O4/c1-17-4-5-18-3-2-14-7(8(10)11)6(9(15)16)12-13-14/h8H,2-5H2,1H3,(H,15,16). The van der Waals surface area contributed by atoms with Crippen LogP contribution in [-0.4, -0.2) is 53.0 Å². The van der Waals surface area contributed by atoms with Crippen molar-refractivity contribution in [3.05, 3.63) is 11.4 Å². The summed E-state index contributed by atoms with van der Waals surface area (Å²) < 4.78 is 36.0. The zero-order valence-electron chi connectivity index (χ0n) is 9.68. The molecule has 0 aliphatic heterocycles. The number of methoxy groups -OCH3 is 1. The minimum atomic E-state index is -2.95. The lowest BCUT2D eigenvalue weighted by atomic mass is 10.3. The van der Waals surface area contributed by atoms with Gasteiger partial charge in [-0.1, -0.05) is 5.21 Å². The second-order valence-corrected chi connectivity index (χ2v) is 3.26. The Balaban J connectivity index is 2.62. The molecule has 0 unspecified atom stereocenters. The Hall–Kier alpha value is -1.61.